The first-order valence-electron chi connectivity index (χ1n) is 14.9. The lowest BCUT2D eigenvalue weighted by Crippen LogP contribution is -2.20. The molecule has 0 spiro atoms. The van der Waals surface area contributed by atoms with E-state index in [4.69, 9.17) is 0 Å². The fourth-order valence-electron chi connectivity index (χ4n) is 6.78. The summed E-state index contributed by atoms with van der Waals surface area (Å²) in [5.74, 6) is 0.507. The lowest BCUT2D eigenvalue weighted by molar-refractivity contribution is 0.526. The van der Waals surface area contributed by atoms with Crippen LogP contribution in [0.15, 0.2) is 148 Å². The SMILES string of the molecule is CC1CC(C)(c2ccc(-c3ccc(-c4ccc(Br)cc4)cc3)cc2)c2ccc(-c3ccc(-c4ccc(Br)cc4)cc3)cc21. The monoisotopic (exact) mass is 682 g/mol. The van der Waals surface area contributed by atoms with Crippen molar-refractivity contribution in [2.24, 2.45) is 0 Å². The minimum Gasteiger partial charge on any atom is -0.0584 e. The van der Waals surface area contributed by atoms with Crippen molar-refractivity contribution in [2.75, 3.05) is 0 Å². The van der Waals surface area contributed by atoms with Crippen molar-refractivity contribution in [3.8, 4) is 44.5 Å². The third kappa shape index (κ3) is 5.44. The van der Waals surface area contributed by atoms with Crippen LogP contribution in [0.3, 0.4) is 0 Å². The first kappa shape index (κ1) is 28.1. The van der Waals surface area contributed by atoms with Crippen LogP contribution in [-0.2, 0) is 5.41 Å². The predicted octanol–water partition coefficient (Wildman–Crippen LogP) is 12.7. The zero-order chi connectivity index (χ0) is 29.6. The molecule has 6 aromatic rings. The number of hydrogen-bond donors (Lipinski definition) is 0. The average molecular weight is 685 g/mol. The van der Waals surface area contributed by atoms with Gasteiger partial charge in [0, 0.05) is 14.4 Å². The molecule has 0 radical (unpaired) electrons. The van der Waals surface area contributed by atoms with E-state index in [1.807, 2.05) is 0 Å². The molecule has 43 heavy (non-hydrogen) atoms. The van der Waals surface area contributed by atoms with Crippen LogP contribution in [0.2, 0.25) is 0 Å². The Labute approximate surface area is 271 Å². The van der Waals surface area contributed by atoms with E-state index < -0.39 is 0 Å². The van der Waals surface area contributed by atoms with Gasteiger partial charge in [0.15, 0.2) is 0 Å². The van der Waals surface area contributed by atoms with E-state index in [9.17, 15) is 0 Å². The number of rotatable bonds is 5. The Balaban J connectivity index is 1.12. The van der Waals surface area contributed by atoms with Crippen molar-refractivity contribution in [1.29, 1.82) is 0 Å². The molecule has 0 nitrogen and oxygen atoms in total. The van der Waals surface area contributed by atoms with E-state index in [-0.39, 0.29) is 5.41 Å². The molecule has 210 valence electrons. The maximum Gasteiger partial charge on any atom is 0.0183 e. The number of benzene rings is 6. The zero-order valence-corrected chi connectivity index (χ0v) is 27.5. The van der Waals surface area contributed by atoms with E-state index in [0.29, 0.717) is 5.92 Å². The van der Waals surface area contributed by atoms with Gasteiger partial charge in [0.05, 0.1) is 0 Å². The summed E-state index contributed by atoms with van der Waals surface area (Å²) >= 11 is 7.06. The molecule has 2 heteroatoms. The van der Waals surface area contributed by atoms with Gasteiger partial charge in [-0.15, -0.1) is 0 Å². The number of halogens is 2. The molecular weight excluding hydrogens is 652 g/mol. The molecule has 1 aliphatic carbocycles. The van der Waals surface area contributed by atoms with Gasteiger partial charge in [0.1, 0.15) is 0 Å². The summed E-state index contributed by atoms with van der Waals surface area (Å²) in [5, 5.41) is 0. The van der Waals surface area contributed by atoms with Gasteiger partial charge in [-0.05, 0) is 97.8 Å². The minimum atomic E-state index is 0.00267. The highest BCUT2D eigenvalue weighted by Crippen LogP contribution is 2.50. The Bertz CT molecular complexity index is 1880. The number of hydrogen-bond acceptors (Lipinski definition) is 0. The molecule has 0 amide bonds. The molecule has 0 saturated heterocycles. The fourth-order valence-corrected chi connectivity index (χ4v) is 7.31. The Hall–Kier alpha value is -3.72. The molecule has 2 atom stereocenters. The molecule has 0 aromatic heterocycles. The molecule has 6 aromatic carbocycles. The highest BCUT2D eigenvalue weighted by molar-refractivity contribution is 9.10. The summed E-state index contributed by atoms with van der Waals surface area (Å²) in [5.41, 5.74) is 14.3. The third-order valence-corrected chi connectivity index (χ3v) is 10.3. The van der Waals surface area contributed by atoms with Gasteiger partial charge < -0.3 is 0 Å². The number of fused-ring (bicyclic) bond motifs is 1. The average Bonchev–Trinajstić information content (AvgIpc) is 3.31. The van der Waals surface area contributed by atoms with Crippen LogP contribution in [-0.4, -0.2) is 0 Å². The second-order valence-electron chi connectivity index (χ2n) is 12.0. The van der Waals surface area contributed by atoms with Crippen LogP contribution in [0.1, 0.15) is 42.9 Å². The molecule has 0 bridgehead atoms. The molecule has 0 N–H and O–H groups in total. The summed E-state index contributed by atoms with van der Waals surface area (Å²) in [4.78, 5) is 0. The molecule has 2 unspecified atom stereocenters. The van der Waals surface area contributed by atoms with Crippen LogP contribution in [0, 0.1) is 0 Å². The first-order valence-corrected chi connectivity index (χ1v) is 16.4. The molecule has 0 fully saturated rings. The Morgan fingerprint density at radius 1 is 0.465 bits per heavy atom. The quantitative estimate of drug-likeness (QED) is 0.170. The van der Waals surface area contributed by atoms with Gasteiger partial charge in [-0.3, -0.25) is 0 Å². The molecule has 7 rings (SSSR count). The van der Waals surface area contributed by atoms with Crippen molar-refractivity contribution in [3.63, 3.8) is 0 Å². The lowest BCUT2D eigenvalue weighted by atomic mass is 9.76. The van der Waals surface area contributed by atoms with Gasteiger partial charge >= 0.3 is 0 Å². The van der Waals surface area contributed by atoms with Crippen LogP contribution < -0.4 is 0 Å². The van der Waals surface area contributed by atoms with Crippen LogP contribution >= 0.6 is 31.9 Å². The molecule has 0 heterocycles. The van der Waals surface area contributed by atoms with Gasteiger partial charge in [-0.25, -0.2) is 0 Å². The normalized spacial score (nSPS) is 17.5. The Kier molecular flexibility index (Phi) is 7.45. The predicted molar refractivity (Wildman–Crippen MR) is 190 cm³/mol. The summed E-state index contributed by atoms with van der Waals surface area (Å²) < 4.78 is 2.20. The second-order valence-corrected chi connectivity index (χ2v) is 13.8. The van der Waals surface area contributed by atoms with Gasteiger partial charge in [-0.1, -0.05) is 161 Å². The highest BCUT2D eigenvalue weighted by atomic mass is 79.9. The topological polar surface area (TPSA) is 0 Å². The lowest BCUT2D eigenvalue weighted by Gasteiger charge is -2.27. The van der Waals surface area contributed by atoms with Crippen LogP contribution in [0.25, 0.3) is 44.5 Å². The van der Waals surface area contributed by atoms with Crippen molar-refractivity contribution in [1.82, 2.24) is 0 Å². The van der Waals surface area contributed by atoms with E-state index in [2.05, 4.69) is 185 Å². The van der Waals surface area contributed by atoms with Crippen LogP contribution in [0.5, 0.6) is 0 Å². The van der Waals surface area contributed by atoms with Crippen LogP contribution in [0.4, 0.5) is 0 Å². The zero-order valence-electron chi connectivity index (χ0n) is 24.3. The minimum absolute atomic E-state index is 0.00267. The maximum absolute atomic E-state index is 3.53. The summed E-state index contributed by atoms with van der Waals surface area (Å²) in [7, 11) is 0. The second kappa shape index (κ2) is 11.4. The Morgan fingerprint density at radius 3 is 1.21 bits per heavy atom. The molecule has 0 saturated carbocycles. The van der Waals surface area contributed by atoms with Crippen molar-refractivity contribution in [3.05, 3.63) is 165 Å². The van der Waals surface area contributed by atoms with E-state index in [0.717, 1.165) is 15.4 Å². The first-order chi connectivity index (χ1) is 20.9. The molecular formula is C41H32Br2. The molecule has 1 aliphatic rings. The van der Waals surface area contributed by atoms with Gasteiger partial charge in [0.25, 0.3) is 0 Å². The standard InChI is InChI=1S/C41H32Br2/c1-27-26-41(2,36-18-11-31(12-19-36)28-3-5-29(6-4-28)32-13-20-37(42)21-14-32)40-24-17-35(25-39(27)40)34-9-7-30(8-10-34)33-15-22-38(43)23-16-33/h3-25,27H,26H2,1-2H3. The van der Waals surface area contributed by atoms with E-state index >= 15 is 0 Å². The van der Waals surface area contributed by atoms with E-state index in [1.165, 1.54) is 61.2 Å². The molecule has 0 aliphatic heterocycles. The maximum atomic E-state index is 3.53. The van der Waals surface area contributed by atoms with Crippen molar-refractivity contribution < 1.29 is 0 Å². The summed E-state index contributed by atoms with van der Waals surface area (Å²) in [6, 6.07) is 51.2. The summed E-state index contributed by atoms with van der Waals surface area (Å²) in [6.45, 7) is 4.80. The fraction of sp³-hybridized carbons (Fsp3) is 0.122. The van der Waals surface area contributed by atoms with Crippen molar-refractivity contribution in [2.45, 2.75) is 31.6 Å². The van der Waals surface area contributed by atoms with Gasteiger partial charge in [0.2, 0.25) is 0 Å². The summed E-state index contributed by atoms with van der Waals surface area (Å²) in [6.07, 6.45) is 1.12. The smallest absolute Gasteiger partial charge is 0.0183 e. The third-order valence-electron chi connectivity index (χ3n) is 9.20. The Morgan fingerprint density at radius 2 is 0.791 bits per heavy atom. The highest BCUT2D eigenvalue weighted by Gasteiger charge is 2.39. The van der Waals surface area contributed by atoms with E-state index in [1.54, 1.807) is 0 Å². The van der Waals surface area contributed by atoms with Gasteiger partial charge in [-0.2, -0.15) is 0 Å². The van der Waals surface area contributed by atoms with Crippen molar-refractivity contribution >= 4 is 31.9 Å². The largest absolute Gasteiger partial charge is 0.0584 e.